The lowest BCUT2D eigenvalue weighted by Crippen LogP contribution is -2.50. The van der Waals surface area contributed by atoms with Gasteiger partial charge in [-0.25, -0.2) is 0 Å². The maximum Gasteiger partial charge on any atom is 0.192 e. The van der Waals surface area contributed by atoms with Gasteiger partial charge >= 0.3 is 0 Å². The summed E-state index contributed by atoms with van der Waals surface area (Å²) in [6.45, 7) is 17.2. The first-order valence-corrected chi connectivity index (χ1v) is 9.61. The smallest absolute Gasteiger partial charge is 0.192 e. The Morgan fingerprint density at radius 1 is 1.50 bits per heavy atom. The Labute approximate surface area is 113 Å². The van der Waals surface area contributed by atoms with Crippen LogP contribution in [0.25, 0.3) is 0 Å². The second kappa shape index (κ2) is 4.95. The van der Waals surface area contributed by atoms with Crippen molar-refractivity contribution >= 4 is 8.32 Å². The Balaban J connectivity index is 2.90. The molecule has 1 aliphatic carbocycles. The van der Waals surface area contributed by atoms with E-state index in [0.717, 1.165) is 12.0 Å². The molecule has 0 aromatic rings. The van der Waals surface area contributed by atoms with Crippen LogP contribution in [-0.2, 0) is 4.43 Å². The molecule has 0 unspecified atom stereocenters. The summed E-state index contributed by atoms with van der Waals surface area (Å²) in [5.41, 5.74) is 0.829. The zero-order chi connectivity index (χ0) is 14.2. The summed E-state index contributed by atoms with van der Waals surface area (Å²) in [5, 5.41) is 10.1. The third-order valence-electron chi connectivity index (χ3n) is 4.20. The van der Waals surface area contributed by atoms with Crippen molar-refractivity contribution in [2.24, 2.45) is 0 Å². The van der Waals surface area contributed by atoms with Crippen LogP contribution >= 0.6 is 0 Å². The number of aliphatic hydroxyl groups excluding tert-OH is 1. The summed E-state index contributed by atoms with van der Waals surface area (Å²) in [4.78, 5) is 0. The fraction of sp³-hybridized carbons (Fsp3) is 0.733. The predicted molar refractivity (Wildman–Crippen MR) is 80.2 cm³/mol. The minimum Gasteiger partial charge on any atom is -0.411 e. The van der Waals surface area contributed by atoms with Gasteiger partial charge in [-0.2, -0.15) is 0 Å². The molecule has 0 bridgehead atoms. The molecule has 0 saturated heterocycles. The number of allylic oxidation sites excluding steroid dienone is 1. The molecule has 3 heteroatoms. The molecule has 104 valence electrons. The normalized spacial score (nSPS) is 29.9. The van der Waals surface area contributed by atoms with Gasteiger partial charge in [0.2, 0.25) is 0 Å². The molecule has 0 fully saturated rings. The Morgan fingerprint density at radius 2 is 2.06 bits per heavy atom. The van der Waals surface area contributed by atoms with E-state index in [1.807, 2.05) is 12.2 Å². The highest BCUT2D eigenvalue weighted by Gasteiger charge is 2.44. The van der Waals surface area contributed by atoms with E-state index in [1.165, 1.54) is 0 Å². The second-order valence-electron chi connectivity index (χ2n) is 7.21. The lowest BCUT2D eigenvalue weighted by Gasteiger charge is -2.46. The van der Waals surface area contributed by atoms with Gasteiger partial charge in [0.25, 0.3) is 0 Å². The van der Waals surface area contributed by atoms with Crippen LogP contribution in [0.15, 0.2) is 24.3 Å². The van der Waals surface area contributed by atoms with E-state index in [2.05, 4.69) is 47.4 Å². The Morgan fingerprint density at radius 3 is 2.50 bits per heavy atom. The van der Waals surface area contributed by atoms with Gasteiger partial charge in [-0.05, 0) is 37.0 Å². The monoisotopic (exact) mass is 268 g/mol. The zero-order valence-electron chi connectivity index (χ0n) is 12.7. The lowest BCUT2D eigenvalue weighted by molar-refractivity contribution is 0.0203. The average molecular weight is 268 g/mol. The summed E-state index contributed by atoms with van der Waals surface area (Å²) in [5.74, 6) is 0. The van der Waals surface area contributed by atoms with Crippen LogP contribution in [0.4, 0.5) is 0 Å². The topological polar surface area (TPSA) is 29.5 Å². The molecule has 0 heterocycles. The van der Waals surface area contributed by atoms with Crippen LogP contribution in [0, 0.1) is 0 Å². The predicted octanol–water partition coefficient (Wildman–Crippen LogP) is 4.03. The molecule has 0 aromatic heterocycles. The van der Waals surface area contributed by atoms with Crippen molar-refractivity contribution in [2.75, 3.05) is 0 Å². The highest BCUT2D eigenvalue weighted by Crippen LogP contribution is 2.43. The van der Waals surface area contributed by atoms with Crippen LogP contribution < -0.4 is 0 Å². The lowest BCUT2D eigenvalue weighted by atomic mass is 9.85. The largest absolute Gasteiger partial charge is 0.411 e. The first kappa shape index (κ1) is 15.7. The zero-order valence-corrected chi connectivity index (χ0v) is 13.7. The van der Waals surface area contributed by atoms with Crippen LogP contribution in [0.2, 0.25) is 18.1 Å². The van der Waals surface area contributed by atoms with E-state index in [1.54, 1.807) is 0 Å². The minimum absolute atomic E-state index is 0.191. The molecule has 0 aliphatic heterocycles. The maximum atomic E-state index is 9.96. The molecule has 18 heavy (non-hydrogen) atoms. The fourth-order valence-electron chi connectivity index (χ4n) is 2.30. The van der Waals surface area contributed by atoms with Crippen molar-refractivity contribution in [1.82, 2.24) is 0 Å². The van der Waals surface area contributed by atoms with Gasteiger partial charge in [0, 0.05) is 6.42 Å². The highest BCUT2D eigenvalue weighted by atomic mass is 28.4. The molecule has 0 saturated carbocycles. The Bertz CT molecular complexity index is 352. The van der Waals surface area contributed by atoms with Gasteiger partial charge < -0.3 is 9.53 Å². The third kappa shape index (κ3) is 3.56. The third-order valence-corrected chi connectivity index (χ3v) is 8.81. The van der Waals surface area contributed by atoms with Crippen LogP contribution in [0.3, 0.4) is 0 Å². The van der Waals surface area contributed by atoms with E-state index >= 15 is 0 Å². The summed E-state index contributed by atoms with van der Waals surface area (Å²) in [7, 11) is -1.81. The van der Waals surface area contributed by atoms with E-state index in [0.29, 0.717) is 6.42 Å². The molecular formula is C15H28O2Si. The quantitative estimate of drug-likeness (QED) is 0.783. The number of hydrogen-bond acceptors (Lipinski definition) is 2. The molecule has 1 rings (SSSR count). The summed E-state index contributed by atoms with van der Waals surface area (Å²) in [6.07, 6.45) is 4.83. The van der Waals surface area contributed by atoms with Gasteiger partial charge in [-0.1, -0.05) is 39.5 Å². The standard InChI is InChI=1S/C15H28O2Si/c1-8-12-9-13(16)11-15(5,10-12)17-18(6,7)14(2,3)4/h8-9,13,16H,1,10-11H2,2-7H3/t13-,15+/m0/s1. The molecule has 2 nitrogen and oxygen atoms in total. The van der Waals surface area contributed by atoms with Gasteiger partial charge in [-0.3, -0.25) is 0 Å². The van der Waals surface area contributed by atoms with Gasteiger partial charge in [0.15, 0.2) is 8.32 Å². The van der Waals surface area contributed by atoms with E-state index < -0.39 is 14.4 Å². The van der Waals surface area contributed by atoms with Crippen LogP contribution in [0.1, 0.15) is 40.5 Å². The Kier molecular flexibility index (Phi) is 4.31. The molecule has 0 radical (unpaired) electrons. The molecule has 2 atom stereocenters. The van der Waals surface area contributed by atoms with Crippen molar-refractivity contribution in [3.05, 3.63) is 24.3 Å². The van der Waals surface area contributed by atoms with Crippen molar-refractivity contribution in [3.8, 4) is 0 Å². The number of aliphatic hydroxyl groups is 1. The Hall–Kier alpha value is -0.383. The average Bonchev–Trinajstić information content (AvgIpc) is 2.12. The van der Waals surface area contributed by atoms with E-state index in [9.17, 15) is 5.11 Å². The van der Waals surface area contributed by atoms with E-state index in [4.69, 9.17) is 4.43 Å². The van der Waals surface area contributed by atoms with Crippen LogP contribution in [-0.4, -0.2) is 25.1 Å². The molecule has 1 N–H and O–H groups in total. The van der Waals surface area contributed by atoms with E-state index in [-0.39, 0.29) is 10.6 Å². The highest BCUT2D eigenvalue weighted by molar-refractivity contribution is 6.74. The summed E-state index contributed by atoms with van der Waals surface area (Å²) in [6, 6.07) is 0. The van der Waals surface area contributed by atoms with Gasteiger partial charge in [0.05, 0.1) is 11.7 Å². The summed E-state index contributed by atoms with van der Waals surface area (Å²) >= 11 is 0. The second-order valence-corrected chi connectivity index (χ2v) is 11.9. The molecule has 0 amide bonds. The molecule has 0 aromatic carbocycles. The molecular weight excluding hydrogens is 240 g/mol. The number of rotatable bonds is 3. The molecule has 1 aliphatic rings. The summed E-state index contributed by atoms with van der Waals surface area (Å²) < 4.78 is 6.52. The first-order chi connectivity index (χ1) is 7.99. The molecule has 0 spiro atoms. The van der Waals surface area contributed by atoms with Crippen molar-refractivity contribution in [3.63, 3.8) is 0 Å². The van der Waals surface area contributed by atoms with Gasteiger partial charge in [-0.15, -0.1) is 0 Å². The minimum atomic E-state index is -1.81. The fourth-order valence-corrected chi connectivity index (χ4v) is 3.99. The first-order valence-electron chi connectivity index (χ1n) is 6.70. The van der Waals surface area contributed by atoms with Crippen molar-refractivity contribution in [1.29, 1.82) is 0 Å². The van der Waals surface area contributed by atoms with Crippen molar-refractivity contribution < 1.29 is 9.53 Å². The SMILES string of the molecule is C=CC1=C[C@H](O)C[C@](C)(O[Si](C)(C)C(C)(C)C)C1. The van der Waals surface area contributed by atoms with Gasteiger partial charge in [0.1, 0.15) is 0 Å². The van der Waals surface area contributed by atoms with Crippen LogP contribution in [0.5, 0.6) is 0 Å². The van der Waals surface area contributed by atoms with Crippen molar-refractivity contribution in [2.45, 2.75) is 70.4 Å². The number of hydrogen-bond donors (Lipinski definition) is 1. The maximum absolute atomic E-state index is 9.96.